The van der Waals surface area contributed by atoms with Crippen LogP contribution in [0, 0.1) is 11.7 Å². The van der Waals surface area contributed by atoms with E-state index in [0.29, 0.717) is 6.54 Å². The van der Waals surface area contributed by atoms with E-state index in [2.05, 4.69) is 5.32 Å². The lowest BCUT2D eigenvalue weighted by Crippen LogP contribution is -2.37. The van der Waals surface area contributed by atoms with Gasteiger partial charge in [-0.2, -0.15) is 0 Å². The minimum atomic E-state index is -0.418. The van der Waals surface area contributed by atoms with Crippen LogP contribution in [0.5, 0.6) is 5.75 Å². The van der Waals surface area contributed by atoms with Gasteiger partial charge in [-0.1, -0.05) is 12.5 Å². The molecular weight excluding hydrogens is 259 g/mol. The third kappa shape index (κ3) is 3.70. The summed E-state index contributed by atoms with van der Waals surface area (Å²) in [7, 11) is 1.42. The summed E-state index contributed by atoms with van der Waals surface area (Å²) in [5.74, 6) is -0.213. The molecule has 3 N–H and O–H groups in total. The van der Waals surface area contributed by atoms with Crippen LogP contribution >= 0.6 is 0 Å². The zero-order valence-corrected chi connectivity index (χ0v) is 11.7. The van der Waals surface area contributed by atoms with Crippen LogP contribution < -0.4 is 15.8 Å². The number of hydrogen-bond acceptors (Lipinski definition) is 3. The number of rotatable bonds is 4. The Kier molecular flexibility index (Phi) is 4.95. The first-order valence-electron chi connectivity index (χ1n) is 6.96. The fourth-order valence-corrected chi connectivity index (χ4v) is 2.62. The van der Waals surface area contributed by atoms with Crippen LogP contribution in [0.15, 0.2) is 18.2 Å². The SMILES string of the molecule is COc1ccc(CNC(=O)C2CCCC(N)C2)cc1F. The van der Waals surface area contributed by atoms with Crippen LogP contribution in [0.3, 0.4) is 0 Å². The Morgan fingerprint density at radius 2 is 2.30 bits per heavy atom. The third-order valence-electron chi connectivity index (χ3n) is 3.77. The van der Waals surface area contributed by atoms with E-state index in [1.165, 1.54) is 13.2 Å². The molecule has 0 aliphatic heterocycles. The average Bonchev–Trinajstić information content (AvgIpc) is 2.45. The van der Waals surface area contributed by atoms with Crippen LogP contribution in [-0.2, 0) is 11.3 Å². The van der Waals surface area contributed by atoms with E-state index in [0.717, 1.165) is 31.2 Å². The van der Waals surface area contributed by atoms with Crippen LogP contribution in [-0.4, -0.2) is 19.1 Å². The highest BCUT2D eigenvalue weighted by molar-refractivity contribution is 5.78. The molecule has 5 heteroatoms. The third-order valence-corrected chi connectivity index (χ3v) is 3.77. The summed E-state index contributed by atoms with van der Waals surface area (Å²) in [6.07, 6.45) is 3.61. The fourth-order valence-electron chi connectivity index (χ4n) is 2.62. The monoisotopic (exact) mass is 280 g/mol. The minimum Gasteiger partial charge on any atom is -0.494 e. The lowest BCUT2D eigenvalue weighted by atomic mass is 9.85. The van der Waals surface area contributed by atoms with E-state index >= 15 is 0 Å². The van der Waals surface area contributed by atoms with Gasteiger partial charge >= 0.3 is 0 Å². The van der Waals surface area contributed by atoms with Gasteiger partial charge in [0.25, 0.3) is 0 Å². The van der Waals surface area contributed by atoms with Crippen molar-refractivity contribution in [2.75, 3.05) is 7.11 Å². The van der Waals surface area contributed by atoms with Gasteiger partial charge in [0.05, 0.1) is 7.11 Å². The Labute approximate surface area is 118 Å². The molecule has 0 aromatic heterocycles. The molecule has 0 heterocycles. The molecule has 4 nitrogen and oxygen atoms in total. The van der Waals surface area contributed by atoms with Crippen LogP contribution in [0.4, 0.5) is 4.39 Å². The maximum atomic E-state index is 13.5. The molecule has 2 rings (SSSR count). The Balaban J connectivity index is 1.88. The first-order chi connectivity index (χ1) is 9.60. The van der Waals surface area contributed by atoms with Gasteiger partial charge < -0.3 is 15.8 Å². The Morgan fingerprint density at radius 1 is 1.50 bits per heavy atom. The summed E-state index contributed by atoms with van der Waals surface area (Å²) in [4.78, 5) is 12.0. The van der Waals surface area contributed by atoms with E-state index in [1.807, 2.05) is 0 Å². The summed E-state index contributed by atoms with van der Waals surface area (Å²) < 4.78 is 18.4. The molecular formula is C15H21FN2O2. The molecule has 1 amide bonds. The lowest BCUT2D eigenvalue weighted by Gasteiger charge is -2.25. The quantitative estimate of drug-likeness (QED) is 0.886. The first-order valence-corrected chi connectivity index (χ1v) is 6.96. The van der Waals surface area contributed by atoms with Gasteiger partial charge in [0, 0.05) is 18.5 Å². The molecule has 1 aliphatic carbocycles. The fraction of sp³-hybridized carbons (Fsp3) is 0.533. The molecule has 1 aromatic carbocycles. The first kappa shape index (κ1) is 14.8. The summed E-state index contributed by atoms with van der Waals surface area (Å²) in [6.45, 7) is 0.325. The average molecular weight is 280 g/mol. The summed E-state index contributed by atoms with van der Waals surface area (Å²) in [6, 6.07) is 4.81. The van der Waals surface area contributed by atoms with Gasteiger partial charge in [-0.3, -0.25) is 4.79 Å². The zero-order valence-electron chi connectivity index (χ0n) is 11.7. The van der Waals surface area contributed by atoms with E-state index in [-0.39, 0.29) is 23.6 Å². The van der Waals surface area contributed by atoms with E-state index in [1.54, 1.807) is 12.1 Å². The second-order valence-electron chi connectivity index (χ2n) is 5.31. The van der Waals surface area contributed by atoms with E-state index < -0.39 is 5.82 Å². The number of carbonyl (C=O) groups is 1. The second-order valence-corrected chi connectivity index (χ2v) is 5.31. The molecule has 2 unspecified atom stereocenters. The summed E-state index contributed by atoms with van der Waals surface area (Å²) in [5, 5.41) is 2.85. The Bertz CT molecular complexity index is 479. The highest BCUT2D eigenvalue weighted by Crippen LogP contribution is 2.23. The highest BCUT2D eigenvalue weighted by atomic mass is 19.1. The largest absolute Gasteiger partial charge is 0.494 e. The molecule has 1 fully saturated rings. The van der Waals surface area contributed by atoms with Crippen molar-refractivity contribution in [2.45, 2.75) is 38.3 Å². The van der Waals surface area contributed by atoms with Crippen molar-refractivity contribution in [1.82, 2.24) is 5.32 Å². The standard InChI is InChI=1S/C15H21FN2O2/c1-20-14-6-5-10(7-13(14)16)9-18-15(19)11-3-2-4-12(17)8-11/h5-7,11-12H,2-4,8-9,17H2,1H3,(H,18,19). The molecule has 20 heavy (non-hydrogen) atoms. The Morgan fingerprint density at radius 3 is 2.95 bits per heavy atom. The lowest BCUT2D eigenvalue weighted by molar-refractivity contribution is -0.126. The highest BCUT2D eigenvalue weighted by Gasteiger charge is 2.24. The van der Waals surface area contributed by atoms with Gasteiger partial charge in [-0.15, -0.1) is 0 Å². The number of carbonyl (C=O) groups excluding carboxylic acids is 1. The second kappa shape index (κ2) is 6.70. The molecule has 1 aliphatic rings. The number of nitrogens with one attached hydrogen (secondary N) is 1. The number of ether oxygens (including phenoxy) is 1. The zero-order chi connectivity index (χ0) is 14.5. The number of nitrogens with two attached hydrogens (primary N) is 1. The summed E-state index contributed by atoms with van der Waals surface area (Å²) >= 11 is 0. The van der Waals surface area contributed by atoms with Crippen molar-refractivity contribution in [3.63, 3.8) is 0 Å². The molecule has 1 saturated carbocycles. The van der Waals surface area contributed by atoms with Crippen molar-refractivity contribution < 1.29 is 13.9 Å². The van der Waals surface area contributed by atoms with Gasteiger partial charge in [0.1, 0.15) is 0 Å². The maximum Gasteiger partial charge on any atom is 0.223 e. The van der Waals surface area contributed by atoms with E-state index in [9.17, 15) is 9.18 Å². The van der Waals surface area contributed by atoms with Gasteiger partial charge in [0.15, 0.2) is 11.6 Å². The molecule has 0 saturated heterocycles. The van der Waals surface area contributed by atoms with Crippen molar-refractivity contribution in [2.24, 2.45) is 11.7 Å². The topological polar surface area (TPSA) is 64.3 Å². The van der Waals surface area contributed by atoms with E-state index in [4.69, 9.17) is 10.5 Å². The Hall–Kier alpha value is -1.62. The minimum absolute atomic E-state index is 0.0105. The van der Waals surface area contributed by atoms with Crippen molar-refractivity contribution >= 4 is 5.91 Å². The predicted molar refractivity (Wildman–Crippen MR) is 74.7 cm³/mol. The molecule has 110 valence electrons. The molecule has 2 atom stereocenters. The van der Waals surface area contributed by atoms with Gasteiger partial charge in [-0.25, -0.2) is 4.39 Å². The van der Waals surface area contributed by atoms with Crippen molar-refractivity contribution in [1.29, 1.82) is 0 Å². The number of methoxy groups -OCH3 is 1. The number of amides is 1. The normalized spacial score (nSPS) is 22.4. The smallest absolute Gasteiger partial charge is 0.223 e. The van der Waals surface area contributed by atoms with Crippen molar-refractivity contribution in [3.8, 4) is 5.75 Å². The molecule has 0 radical (unpaired) electrons. The van der Waals surface area contributed by atoms with Crippen molar-refractivity contribution in [3.05, 3.63) is 29.6 Å². The van der Waals surface area contributed by atoms with Crippen LogP contribution in [0.1, 0.15) is 31.2 Å². The molecule has 1 aromatic rings. The summed E-state index contributed by atoms with van der Waals surface area (Å²) in [5.41, 5.74) is 6.60. The van der Waals surface area contributed by atoms with Crippen LogP contribution in [0.25, 0.3) is 0 Å². The van der Waals surface area contributed by atoms with Gasteiger partial charge in [-0.05, 0) is 37.0 Å². The maximum absolute atomic E-state index is 13.5. The predicted octanol–water partition coefficient (Wildman–Crippen LogP) is 1.97. The van der Waals surface area contributed by atoms with Gasteiger partial charge in [0.2, 0.25) is 5.91 Å². The number of benzene rings is 1. The number of hydrogen-bond donors (Lipinski definition) is 2. The molecule has 0 bridgehead atoms. The number of halogens is 1. The molecule has 0 spiro atoms. The van der Waals surface area contributed by atoms with Crippen LogP contribution in [0.2, 0.25) is 0 Å².